The van der Waals surface area contributed by atoms with Gasteiger partial charge in [0, 0.05) is 22.9 Å². The van der Waals surface area contributed by atoms with Crippen LogP contribution >= 0.6 is 22.7 Å². The number of carbonyl (C=O) groups excluding carboxylic acids is 1. The maximum atomic E-state index is 12.2. The van der Waals surface area contributed by atoms with Crippen LogP contribution in [0.2, 0.25) is 0 Å². The lowest BCUT2D eigenvalue weighted by molar-refractivity contribution is -0.120. The number of nitrogens with one attached hydrogen (secondary N) is 1. The van der Waals surface area contributed by atoms with E-state index in [9.17, 15) is 4.79 Å². The van der Waals surface area contributed by atoms with Crippen molar-refractivity contribution >= 4 is 28.6 Å². The van der Waals surface area contributed by atoms with Crippen molar-refractivity contribution in [2.24, 2.45) is 0 Å². The summed E-state index contributed by atoms with van der Waals surface area (Å²) >= 11 is 3.22. The number of carbonyl (C=O) groups is 1. The Morgan fingerprint density at radius 3 is 2.68 bits per heavy atom. The number of hydrogen-bond donors (Lipinski definition) is 1. The van der Waals surface area contributed by atoms with Crippen molar-refractivity contribution in [3.05, 3.63) is 51.7 Å². The lowest BCUT2D eigenvalue weighted by Gasteiger charge is -2.12. The van der Waals surface area contributed by atoms with Gasteiger partial charge in [0.1, 0.15) is 5.01 Å². The Hall–Kier alpha value is -2.38. The predicted octanol–water partition coefficient (Wildman–Crippen LogP) is 4.57. The summed E-state index contributed by atoms with van der Waals surface area (Å²) in [4.78, 5) is 16.8. The molecule has 28 heavy (non-hydrogen) atoms. The predicted molar refractivity (Wildman–Crippen MR) is 115 cm³/mol. The van der Waals surface area contributed by atoms with E-state index < -0.39 is 0 Å². The highest BCUT2D eigenvalue weighted by molar-refractivity contribution is 7.14. The molecular formula is C21H24N2O3S2. The van der Waals surface area contributed by atoms with Crippen molar-refractivity contribution in [1.29, 1.82) is 0 Å². The third-order valence-corrected chi connectivity index (χ3v) is 5.63. The molecule has 0 radical (unpaired) electrons. The number of rotatable bonds is 10. The maximum Gasteiger partial charge on any atom is 0.226 e. The molecule has 0 aliphatic rings. The van der Waals surface area contributed by atoms with Crippen molar-refractivity contribution in [3.63, 3.8) is 0 Å². The molecule has 3 aromatic rings. The number of nitrogens with zero attached hydrogens (tertiary/aromatic N) is 1. The average molecular weight is 417 g/mol. The zero-order valence-electron chi connectivity index (χ0n) is 16.1. The van der Waals surface area contributed by atoms with Crippen LogP contribution in [0.4, 0.5) is 0 Å². The van der Waals surface area contributed by atoms with E-state index in [0.717, 1.165) is 39.7 Å². The van der Waals surface area contributed by atoms with Crippen molar-refractivity contribution in [1.82, 2.24) is 10.3 Å². The molecule has 0 bridgehead atoms. The number of hydrogen-bond acceptors (Lipinski definition) is 6. The van der Waals surface area contributed by atoms with Gasteiger partial charge in [0.05, 0.1) is 25.3 Å². The topological polar surface area (TPSA) is 60.5 Å². The standard InChI is InChI=1S/C21H24N2O3S2/c1-3-25-18-6-5-15(11-19(18)26-4-2)7-9-22-20(24)12-17-14-28-21(23-17)16-8-10-27-13-16/h5-6,8,10-11,13-14H,3-4,7,9,12H2,1-2H3,(H,22,24). The van der Waals surface area contributed by atoms with E-state index in [1.54, 1.807) is 22.7 Å². The Kier molecular flexibility index (Phi) is 7.45. The van der Waals surface area contributed by atoms with E-state index in [0.29, 0.717) is 26.2 Å². The largest absolute Gasteiger partial charge is 0.490 e. The van der Waals surface area contributed by atoms with Gasteiger partial charge in [-0.3, -0.25) is 4.79 Å². The highest BCUT2D eigenvalue weighted by Crippen LogP contribution is 2.29. The summed E-state index contributed by atoms with van der Waals surface area (Å²) in [5, 5.41) is 9.98. The normalized spacial score (nSPS) is 10.6. The third kappa shape index (κ3) is 5.56. The molecule has 1 N–H and O–H groups in total. The number of thiophene rings is 1. The molecule has 0 atom stereocenters. The Labute approximate surface area is 173 Å². The molecule has 7 heteroatoms. The number of ether oxygens (including phenoxy) is 2. The molecule has 0 aliphatic heterocycles. The van der Waals surface area contributed by atoms with Crippen LogP contribution in [0, 0.1) is 0 Å². The zero-order chi connectivity index (χ0) is 19.8. The summed E-state index contributed by atoms with van der Waals surface area (Å²) in [6.07, 6.45) is 1.03. The lowest BCUT2D eigenvalue weighted by atomic mass is 10.1. The molecule has 0 fully saturated rings. The minimum Gasteiger partial charge on any atom is -0.490 e. The van der Waals surface area contributed by atoms with Crippen LogP contribution in [0.1, 0.15) is 25.1 Å². The first-order valence-electron chi connectivity index (χ1n) is 9.31. The molecule has 5 nitrogen and oxygen atoms in total. The molecule has 2 heterocycles. The first-order valence-corrected chi connectivity index (χ1v) is 11.1. The quantitative estimate of drug-likeness (QED) is 0.526. The lowest BCUT2D eigenvalue weighted by Crippen LogP contribution is -2.27. The second-order valence-electron chi connectivity index (χ2n) is 6.08. The fraction of sp³-hybridized carbons (Fsp3) is 0.333. The van der Waals surface area contributed by atoms with Gasteiger partial charge in [-0.1, -0.05) is 6.07 Å². The van der Waals surface area contributed by atoms with E-state index >= 15 is 0 Å². The average Bonchev–Trinajstić information content (AvgIpc) is 3.36. The minimum absolute atomic E-state index is 0.0156. The first kappa shape index (κ1) is 20.4. The molecular weight excluding hydrogens is 392 g/mol. The first-order chi connectivity index (χ1) is 13.7. The molecule has 0 unspecified atom stereocenters. The summed E-state index contributed by atoms with van der Waals surface area (Å²) in [6, 6.07) is 7.95. The Balaban J connectivity index is 1.49. The van der Waals surface area contributed by atoms with E-state index in [-0.39, 0.29) is 5.91 Å². The second-order valence-corrected chi connectivity index (χ2v) is 7.72. The van der Waals surface area contributed by atoms with Crippen LogP contribution < -0.4 is 14.8 Å². The van der Waals surface area contributed by atoms with Gasteiger partial charge in [0.2, 0.25) is 5.91 Å². The highest BCUT2D eigenvalue weighted by atomic mass is 32.1. The summed E-state index contributed by atoms with van der Waals surface area (Å²) in [6.45, 7) is 5.65. The molecule has 0 saturated heterocycles. The second kappa shape index (κ2) is 10.2. The fourth-order valence-corrected chi connectivity index (χ4v) is 4.26. The zero-order valence-corrected chi connectivity index (χ0v) is 17.7. The molecule has 1 amide bonds. The Bertz CT molecular complexity index is 891. The van der Waals surface area contributed by atoms with Crippen LogP contribution in [0.25, 0.3) is 10.6 Å². The van der Waals surface area contributed by atoms with E-state index in [1.165, 1.54) is 0 Å². The smallest absolute Gasteiger partial charge is 0.226 e. The molecule has 1 aromatic carbocycles. The van der Waals surface area contributed by atoms with Crippen LogP contribution in [-0.4, -0.2) is 30.6 Å². The number of benzene rings is 1. The van der Waals surface area contributed by atoms with Crippen molar-refractivity contribution in [2.45, 2.75) is 26.7 Å². The van der Waals surface area contributed by atoms with Crippen molar-refractivity contribution in [3.8, 4) is 22.1 Å². The molecule has 3 rings (SSSR count). The van der Waals surface area contributed by atoms with E-state index in [4.69, 9.17) is 9.47 Å². The Morgan fingerprint density at radius 1 is 1.11 bits per heavy atom. The van der Waals surface area contributed by atoms with Crippen LogP contribution in [0.5, 0.6) is 11.5 Å². The fourth-order valence-electron chi connectivity index (χ4n) is 2.73. The van der Waals surface area contributed by atoms with Gasteiger partial charge in [-0.25, -0.2) is 4.98 Å². The number of aromatic nitrogens is 1. The summed E-state index contributed by atoms with van der Waals surface area (Å²) in [5.74, 6) is 1.48. The molecule has 2 aromatic heterocycles. The van der Waals surface area contributed by atoms with Gasteiger partial charge < -0.3 is 14.8 Å². The van der Waals surface area contributed by atoms with Gasteiger partial charge in [-0.2, -0.15) is 11.3 Å². The molecule has 148 valence electrons. The number of thiazole rings is 1. The summed E-state index contributed by atoms with van der Waals surface area (Å²) in [7, 11) is 0. The Morgan fingerprint density at radius 2 is 1.93 bits per heavy atom. The summed E-state index contributed by atoms with van der Waals surface area (Å²) < 4.78 is 11.2. The maximum absolute atomic E-state index is 12.2. The molecule has 0 spiro atoms. The molecule has 0 aliphatic carbocycles. The van der Waals surface area contributed by atoms with Crippen molar-refractivity contribution in [2.75, 3.05) is 19.8 Å². The van der Waals surface area contributed by atoms with Crippen LogP contribution in [-0.2, 0) is 17.6 Å². The third-order valence-electron chi connectivity index (χ3n) is 4.01. The van der Waals surface area contributed by atoms with Crippen LogP contribution in [0.3, 0.4) is 0 Å². The van der Waals surface area contributed by atoms with Gasteiger partial charge in [-0.05, 0) is 49.4 Å². The minimum atomic E-state index is -0.0156. The highest BCUT2D eigenvalue weighted by Gasteiger charge is 2.10. The van der Waals surface area contributed by atoms with Crippen molar-refractivity contribution < 1.29 is 14.3 Å². The van der Waals surface area contributed by atoms with Crippen LogP contribution in [0.15, 0.2) is 40.4 Å². The SMILES string of the molecule is CCOc1ccc(CCNC(=O)Cc2csc(-c3ccsc3)n2)cc1OCC. The van der Waals surface area contributed by atoms with E-state index in [2.05, 4.69) is 15.7 Å². The molecule has 0 saturated carbocycles. The van der Waals surface area contributed by atoms with Gasteiger partial charge in [0.15, 0.2) is 11.5 Å². The number of amides is 1. The van der Waals surface area contributed by atoms with Gasteiger partial charge in [-0.15, -0.1) is 11.3 Å². The monoisotopic (exact) mass is 416 g/mol. The summed E-state index contributed by atoms with van der Waals surface area (Å²) in [5.41, 5.74) is 3.02. The van der Waals surface area contributed by atoms with Gasteiger partial charge in [0.25, 0.3) is 0 Å². The van der Waals surface area contributed by atoms with Gasteiger partial charge >= 0.3 is 0 Å². The van der Waals surface area contributed by atoms with E-state index in [1.807, 2.05) is 48.9 Å².